The number of para-hydroxylation sites is 1. The van der Waals surface area contributed by atoms with Gasteiger partial charge < -0.3 is 11.1 Å². The molecule has 0 unspecified atom stereocenters. The number of carbonyl (C=O) groups is 1. The van der Waals surface area contributed by atoms with Crippen LogP contribution in [0.2, 0.25) is 0 Å². The van der Waals surface area contributed by atoms with Crippen molar-refractivity contribution in [3.8, 4) is 0 Å². The third kappa shape index (κ3) is 3.09. The maximum atomic E-state index is 11.5. The molecule has 4 heteroatoms. The zero-order valence-electron chi connectivity index (χ0n) is 10.9. The number of ketones is 1. The fourth-order valence-electron chi connectivity index (χ4n) is 1.84. The Morgan fingerprint density at radius 2 is 1.95 bits per heavy atom. The summed E-state index contributed by atoms with van der Waals surface area (Å²) >= 11 is 1.67. The lowest BCUT2D eigenvalue weighted by Crippen LogP contribution is -2.01. The first-order valence-corrected chi connectivity index (χ1v) is 7.15. The van der Waals surface area contributed by atoms with Crippen LogP contribution >= 0.6 is 11.8 Å². The largest absolute Gasteiger partial charge is 0.398 e. The van der Waals surface area contributed by atoms with Gasteiger partial charge in [-0.25, -0.2) is 0 Å². The lowest BCUT2D eigenvalue weighted by atomic mass is 10.1. The highest BCUT2D eigenvalue weighted by Crippen LogP contribution is 2.29. The average molecular weight is 272 g/mol. The summed E-state index contributed by atoms with van der Waals surface area (Å²) in [7, 11) is 0. The Hall–Kier alpha value is -1.94. The standard InChI is InChI=1S/C15H16N2OS/c1-10(18)12-9-11(7-8-13(12)16)17-14-5-3-4-6-15(14)19-2/h3-9,17H,16H2,1-2H3. The van der Waals surface area contributed by atoms with Gasteiger partial charge in [-0.05, 0) is 43.5 Å². The van der Waals surface area contributed by atoms with Crippen molar-refractivity contribution in [1.29, 1.82) is 0 Å². The molecule has 0 aliphatic carbocycles. The third-order valence-electron chi connectivity index (χ3n) is 2.82. The number of hydrogen-bond donors (Lipinski definition) is 2. The molecule has 3 N–H and O–H groups in total. The van der Waals surface area contributed by atoms with E-state index in [1.54, 1.807) is 23.9 Å². The second-order valence-corrected chi connectivity index (χ2v) is 5.03. The maximum Gasteiger partial charge on any atom is 0.161 e. The minimum Gasteiger partial charge on any atom is -0.398 e. The number of benzene rings is 2. The third-order valence-corrected chi connectivity index (χ3v) is 3.61. The van der Waals surface area contributed by atoms with E-state index < -0.39 is 0 Å². The number of Topliss-reactive ketones (excluding diaryl/α,β-unsaturated/α-hetero) is 1. The van der Waals surface area contributed by atoms with Gasteiger partial charge >= 0.3 is 0 Å². The smallest absolute Gasteiger partial charge is 0.161 e. The summed E-state index contributed by atoms with van der Waals surface area (Å²) in [6, 6.07) is 13.5. The minimum atomic E-state index is -0.0284. The van der Waals surface area contributed by atoms with E-state index in [9.17, 15) is 4.79 Å². The quantitative estimate of drug-likeness (QED) is 0.503. The number of nitrogens with one attached hydrogen (secondary N) is 1. The Labute approximate surface area is 117 Å². The highest BCUT2D eigenvalue weighted by molar-refractivity contribution is 7.98. The van der Waals surface area contributed by atoms with Crippen molar-refractivity contribution in [2.45, 2.75) is 11.8 Å². The first-order valence-electron chi connectivity index (χ1n) is 5.92. The first-order chi connectivity index (χ1) is 9.11. The molecule has 0 saturated heterocycles. The molecule has 0 aliphatic rings. The topological polar surface area (TPSA) is 55.1 Å². The molecule has 0 aliphatic heterocycles. The summed E-state index contributed by atoms with van der Waals surface area (Å²) in [5.74, 6) is -0.0284. The Bertz CT molecular complexity index is 611. The van der Waals surface area contributed by atoms with Gasteiger partial charge in [0.05, 0.1) is 5.69 Å². The van der Waals surface area contributed by atoms with Crippen molar-refractivity contribution in [3.05, 3.63) is 48.0 Å². The lowest BCUT2D eigenvalue weighted by Gasteiger charge is -2.12. The number of carbonyl (C=O) groups excluding carboxylic acids is 1. The average Bonchev–Trinajstić information content (AvgIpc) is 2.41. The number of anilines is 3. The van der Waals surface area contributed by atoms with E-state index in [2.05, 4.69) is 11.4 Å². The van der Waals surface area contributed by atoms with E-state index in [0.717, 1.165) is 16.3 Å². The molecule has 3 nitrogen and oxygen atoms in total. The van der Waals surface area contributed by atoms with E-state index >= 15 is 0 Å². The van der Waals surface area contributed by atoms with Gasteiger partial charge in [0, 0.05) is 21.8 Å². The summed E-state index contributed by atoms with van der Waals surface area (Å²) in [4.78, 5) is 12.6. The molecular formula is C15H16N2OS. The number of hydrogen-bond acceptors (Lipinski definition) is 4. The Balaban J connectivity index is 2.33. The van der Waals surface area contributed by atoms with Crippen molar-refractivity contribution in [2.75, 3.05) is 17.3 Å². The summed E-state index contributed by atoms with van der Waals surface area (Å²) in [5.41, 5.74) is 8.73. The van der Waals surface area contributed by atoms with E-state index in [-0.39, 0.29) is 5.78 Å². The van der Waals surface area contributed by atoms with Gasteiger partial charge in [-0.1, -0.05) is 12.1 Å². The van der Waals surface area contributed by atoms with Crippen LogP contribution in [0.4, 0.5) is 17.1 Å². The number of thioether (sulfide) groups is 1. The predicted molar refractivity (Wildman–Crippen MR) is 82.4 cm³/mol. The van der Waals surface area contributed by atoms with Gasteiger partial charge in [0.1, 0.15) is 0 Å². The molecule has 0 fully saturated rings. The van der Waals surface area contributed by atoms with Crippen LogP contribution in [0.3, 0.4) is 0 Å². The molecule has 0 bridgehead atoms. The highest BCUT2D eigenvalue weighted by atomic mass is 32.2. The lowest BCUT2D eigenvalue weighted by molar-refractivity contribution is 0.101. The van der Waals surface area contributed by atoms with Crippen molar-refractivity contribution < 1.29 is 4.79 Å². The molecular weight excluding hydrogens is 256 g/mol. The van der Waals surface area contributed by atoms with Gasteiger partial charge in [-0.15, -0.1) is 11.8 Å². The Morgan fingerprint density at radius 3 is 2.63 bits per heavy atom. The number of nitrogens with two attached hydrogens (primary N) is 1. The molecule has 2 rings (SSSR count). The number of nitrogen functional groups attached to an aromatic ring is 1. The molecule has 0 radical (unpaired) electrons. The highest BCUT2D eigenvalue weighted by Gasteiger charge is 2.07. The van der Waals surface area contributed by atoms with E-state index in [0.29, 0.717) is 11.3 Å². The van der Waals surface area contributed by atoms with Crippen LogP contribution < -0.4 is 11.1 Å². The molecule has 0 heterocycles. The summed E-state index contributed by atoms with van der Waals surface area (Å²) in [6.45, 7) is 1.52. The van der Waals surface area contributed by atoms with Crippen LogP contribution in [-0.2, 0) is 0 Å². The fourth-order valence-corrected chi connectivity index (χ4v) is 2.40. The van der Waals surface area contributed by atoms with Gasteiger partial charge in [0.15, 0.2) is 5.78 Å². The van der Waals surface area contributed by atoms with Gasteiger partial charge in [-0.3, -0.25) is 4.79 Å². The van der Waals surface area contributed by atoms with Crippen molar-refractivity contribution >= 4 is 34.6 Å². The van der Waals surface area contributed by atoms with Crippen LogP contribution in [0.25, 0.3) is 0 Å². The fraction of sp³-hybridized carbons (Fsp3) is 0.133. The van der Waals surface area contributed by atoms with E-state index in [4.69, 9.17) is 5.73 Å². The maximum absolute atomic E-state index is 11.5. The summed E-state index contributed by atoms with van der Waals surface area (Å²) in [5, 5.41) is 3.32. The zero-order valence-corrected chi connectivity index (χ0v) is 11.8. The summed E-state index contributed by atoms with van der Waals surface area (Å²) < 4.78 is 0. The van der Waals surface area contributed by atoms with E-state index in [1.807, 2.05) is 30.5 Å². The van der Waals surface area contributed by atoms with Crippen LogP contribution in [0.1, 0.15) is 17.3 Å². The monoisotopic (exact) mass is 272 g/mol. The molecule has 0 aromatic heterocycles. The second-order valence-electron chi connectivity index (χ2n) is 4.18. The minimum absolute atomic E-state index is 0.0284. The molecule has 19 heavy (non-hydrogen) atoms. The molecule has 0 saturated carbocycles. The van der Waals surface area contributed by atoms with Crippen LogP contribution in [0, 0.1) is 0 Å². The van der Waals surface area contributed by atoms with Gasteiger partial charge in [0.25, 0.3) is 0 Å². The molecule has 0 spiro atoms. The normalized spacial score (nSPS) is 10.2. The Morgan fingerprint density at radius 1 is 1.21 bits per heavy atom. The molecule has 2 aromatic carbocycles. The number of rotatable bonds is 4. The van der Waals surface area contributed by atoms with Gasteiger partial charge in [-0.2, -0.15) is 0 Å². The summed E-state index contributed by atoms with van der Waals surface area (Å²) in [6.07, 6.45) is 2.03. The second kappa shape index (κ2) is 5.80. The van der Waals surface area contributed by atoms with Crippen LogP contribution in [0.15, 0.2) is 47.4 Å². The van der Waals surface area contributed by atoms with Crippen LogP contribution in [0.5, 0.6) is 0 Å². The molecule has 2 aromatic rings. The molecule has 0 atom stereocenters. The SMILES string of the molecule is CSc1ccccc1Nc1ccc(N)c(C(C)=O)c1. The first kappa shape index (κ1) is 13.5. The van der Waals surface area contributed by atoms with E-state index in [1.165, 1.54) is 6.92 Å². The van der Waals surface area contributed by atoms with Crippen molar-refractivity contribution in [2.24, 2.45) is 0 Å². The van der Waals surface area contributed by atoms with Crippen molar-refractivity contribution in [1.82, 2.24) is 0 Å². The van der Waals surface area contributed by atoms with Crippen molar-refractivity contribution in [3.63, 3.8) is 0 Å². The van der Waals surface area contributed by atoms with Crippen LogP contribution in [-0.4, -0.2) is 12.0 Å². The van der Waals surface area contributed by atoms with Gasteiger partial charge in [0.2, 0.25) is 0 Å². The predicted octanol–water partition coefficient (Wildman–Crippen LogP) is 3.94. The zero-order chi connectivity index (χ0) is 13.8. The molecule has 0 amide bonds. The Kier molecular flexibility index (Phi) is 4.12. The molecule has 98 valence electrons.